The van der Waals surface area contributed by atoms with Crippen LogP contribution in [0.1, 0.15) is 34.1 Å². The summed E-state index contributed by atoms with van der Waals surface area (Å²) in [6, 6.07) is 9.23. The zero-order valence-electron chi connectivity index (χ0n) is 19.2. The van der Waals surface area contributed by atoms with Crippen molar-refractivity contribution in [2.45, 2.75) is 13.3 Å². The molecule has 0 fully saturated rings. The van der Waals surface area contributed by atoms with Gasteiger partial charge in [-0.2, -0.15) is 0 Å². The highest BCUT2D eigenvalue weighted by Crippen LogP contribution is 2.56. The summed E-state index contributed by atoms with van der Waals surface area (Å²) in [5.41, 5.74) is -2.09. The lowest BCUT2D eigenvalue weighted by Gasteiger charge is -2.21. The van der Waals surface area contributed by atoms with Crippen LogP contribution in [0.3, 0.4) is 0 Å². The Morgan fingerprint density at radius 1 is 0.727 bits per heavy atom. The summed E-state index contributed by atoms with van der Waals surface area (Å²) in [7, 11) is 1.04. The fraction of sp³-hybridized carbons (Fsp3) is 0.348. The minimum atomic E-state index is -4.35. The molecule has 0 aliphatic rings. The summed E-state index contributed by atoms with van der Waals surface area (Å²) in [5.74, 6) is -0.0855. The molecule has 0 heterocycles. The number of hydrogen-bond acceptors (Lipinski definition) is 9. The Hall–Kier alpha value is -3.32. The van der Waals surface area contributed by atoms with E-state index in [9.17, 15) is 18.9 Å². The van der Waals surface area contributed by atoms with Gasteiger partial charge in [0.2, 0.25) is 18.2 Å². The Morgan fingerprint density at radius 3 is 1.39 bits per heavy atom. The Bertz CT molecular complexity index is 962. The summed E-state index contributed by atoms with van der Waals surface area (Å²) in [4.78, 5) is 38.6. The molecule has 0 radical (unpaired) electrons. The Labute approximate surface area is 192 Å². The summed E-state index contributed by atoms with van der Waals surface area (Å²) in [6.45, 7) is 1.13. The number of carbonyl (C=O) groups is 3. The zero-order chi connectivity index (χ0) is 24.6. The molecule has 0 spiro atoms. The van der Waals surface area contributed by atoms with Gasteiger partial charge in [-0.3, -0.25) is 14.4 Å². The van der Waals surface area contributed by atoms with Crippen LogP contribution in [0.15, 0.2) is 36.4 Å². The molecule has 0 bridgehead atoms. The molecular weight excluding hydrogens is 451 g/mol. The van der Waals surface area contributed by atoms with E-state index in [1.807, 2.05) is 0 Å². The van der Waals surface area contributed by atoms with Gasteiger partial charge in [0.1, 0.15) is 34.1 Å². The molecule has 0 amide bonds. The molecule has 2 aromatic rings. The highest BCUT2D eigenvalue weighted by molar-refractivity contribution is 7.95. The number of benzene rings is 2. The molecule has 0 aliphatic heterocycles. The lowest BCUT2D eigenvalue weighted by atomic mass is 10.2. The van der Waals surface area contributed by atoms with Crippen molar-refractivity contribution in [3.05, 3.63) is 47.5 Å². The number of rotatable bonds is 12. The molecule has 2 aromatic carbocycles. The van der Waals surface area contributed by atoms with Crippen LogP contribution in [-0.4, -0.2) is 58.2 Å². The minimum absolute atomic E-state index is 0.0171. The van der Waals surface area contributed by atoms with Crippen LogP contribution in [0.2, 0.25) is 0 Å². The second kappa shape index (κ2) is 11.5. The molecule has 0 aliphatic carbocycles. The number of hydrogen-bond donors (Lipinski definition) is 0. The average Bonchev–Trinajstić information content (AvgIpc) is 2.84. The third kappa shape index (κ3) is 5.54. The Morgan fingerprint density at radius 2 is 1.09 bits per heavy atom. The van der Waals surface area contributed by atoms with Crippen molar-refractivity contribution in [3.63, 3.8) is 0 Å². The first-order valence-corrected chi connectivity index (χ1v) is 11.9. The van der Waals surface area contributed by atoms with E-state index in [0.717, 1.165) is 0 Å². The number of carbonyl (C=O) groups excluding carboxylic acids is 3. The van der Waals surface area contributed by atoms with Crippen LogP contribution in [-0.2, 0) is 14.1 Å². The van der Waals surface area contributed by atoms with Crippen molar-refractivity contribution >= 4 is 24.2 Å². The molecule has 0 N–H and O–H groups in total. The monoisotopic (exact) mass is 478 g/mol. The zero-order valence-corrected chi connectivity index (χ0v) is 20.1. The van der Waals surface area contributed by atoms with Crippen LogP contribution in [0.25, 0.3) is 0 Å². The highest BCUT2D eigenvalue weighted by Gasteiger charge is 2.45. The van der Waals surface area contributed by atoms with Crippen LogP contribution in [0.4, 0.5) is 0 Å². The predicted octanol–water partition coefficient (Wildman–Crippen LogP) is 4.02. The average molecular weight is 478 g/mol. The van der Waals surface area contributed by atoms with Gasteiger partial charge < -0.3 is 28.2 Å². The normalized spacial score (nSPS) is 10.8. The standard InChI is InChI=1S/C23H27O9P/c1-15(24)32-13-8-14-33(27,22(25)20-16(28-2)9-6-10-17(20)29-3)23(26)21-18(30-4)11-7-12-19(21)31-5/h6-7,9-12H,8,13-14H2,1-5H3. The maximum absolute atomic E-state index is 14.3. The molecule has 9 nitrogen and oxygen atoms in total. The van der Waals surface area contributed by atoms with E-state index in [4.69, 9.17) is 23.7 Å². The summed E-state index contributed by atoms with van der Waals surface area (Å²) < 4.78 is 40.3. The number of esters is 1. The van der Waals surface area contributed by atoms with Gasteiger partial charge in [-0.25, -0.2) is 0 Å². The quantitative estimate of drug-likeness (QED) is 0.253. The fourth-order valence-electron chi connectivity index (χ4n) is 3.28. The first-order valence-electron chi connectivity index (χ1n) is 9.99. The van der Waals surface area contributed by atoms with Gasteiger partial charge in [0, 0.05) is 13.1 Å². The smallest absolute Gasteiger partial charge is 0.302 e. The number of ether oxygens (including phenoxy) is 5. The van der Waals surface area contributed by atoms with Gasteiger partial charge >= 0.3 is 5.97 Å². The summed E-state index contributed by atoms with van der Waals surface area (Å²) in [5, 5.41) is 0. The lowest BCUT2D eigenvalue weighted by Crippen LogP contribution is -2.17. The van der Waals surface area contributed by atoms with Crippen LogP contribution in [0, 0.1) is 0 Å². The van der Waals surface area contributed by atoms with E-state index in [2.05, 4.69) is 0 Å². The van der Waals surface area contributed by atoms with Crippen molar-refractivity contribution in [3.8, 4) is 23.0 Å². The lowest BCUT2D eigenvalue weighted by molar-refractivity contribution is -0.140. The first-order chi connectivity index (χ1) is 15.7. The van der Waals surface area contributed by atoms with Gasteiger partial charge in [0.25, 0.3) is 0 Å². The molecule has 2 rings (SSSR count). The van der Waals surface area contributed by atoms with E-state index < -0.39 is 24.2 Å². The van der Waals surface area contributed by atoms with E-state index in [1.165, 1.54) is 59.6 Å². The molecule has 178 valence electrons. The molecule has 33 heavy (non-hydrogen) atoms. The minimum Gasteiger partial charge on any atom is -0.496 e. The van der Waals surface area contributed by atoms with Crippen LogP contribution >= 0.6 is 7.14 Å². The predicted molar refractivity (Wildman–Crippen MR) is 121 cm³/mol. The third-order valence-electron chi connectivity index (χ3n) is 4.86. The van der Waals surface area contributed by atoms with E-state index in [0.29, 0.717) is 0 Å². The van der Waals surface area contributed by atoms with Gasteiger partial charge in [0.15, 0.2) is 0 Å². The van der Waals surface area contributed by atoms with Gasteiger partial charge in [-0.05, 0) is 30.7 Å². The van der Waals surface area contributed by atoms with E-state index in [-0.39, 0.29) is 53.3 Å². The van der Waals surface area contributed by atoms with Crippen molar-refractivity contribution < 1.29 is 42.6 Å². The van der Waals surface area contributed by atoms with Crippen molar-refractivity contribution in [1.29, 1.82) is 0 Å². The maximum atomic E-state index is 14.3. The fourth-order valence-corrected chi connectivity index (χ4v) is 5.61. The first kappa shape index (κ1) is 25.9. The topological polar surface area (TPSA) is 114 Å². The summed E-state index contributed by atoms with van der Waals surface area (Å²) >= 11 is 0. The molecule has 0 unspecified atom stereocenters. The van der Waals surface area contributed by atoms with Crippen molar-refractivity contribution in [1.82, 2.24) is 0 Å². The molecular formula is C23H27O9P. The maximum Gasteiger partial charge on any atom is 0.302 e. The summed E-state index contributed by atoms with van der Waals surface area (Å²) in [6.07, 6.45) is -0.330. The third-order valence-corrected chi connectivity index (χ3v) is 7.57. The van der Waals surface area contributed by atoms with Crippen LogP contribution < -0.4 is 18.9 Å². The number of methoxy groups -OCH3 is 4. The van der Waals surface area contributed by atoms with E-state index in [1.54, 1.807) is 12.1 Å². The van der Waals surface area contributed by atoms with Gasteiger partial charge in [-0.1, -0.05) is 12.1 Å². The molecule has 0 saturated carbocycles. The molecule has 0 atom stereocenters. The second-order valence-corrected chi connectivity index (χ2v) is 9.58. The van der Waals surface area contributed by atoms with E-state index >= 15 is 0 Å². The van der Waals surface area contributed by atoms with Crippen molar-refractivity contribution in [2.75, 3.05) is 41.2 Å². The Kier molecular flexibility index (Phi) is 9.05. The molecule has 0 aromatic heterocycles. The molecule has 0 saturated heterocycles. The van der Waals surface area contributed by atoms with Crippen LogP contribution in [0.5, 0.6) is 23.0 Å². The van der Waals surface area contributed by atoms with Crippen molar-refractivity contribution in [2.24, 2.45) is 0 Å². The SMILES string of the molecule is COc1cccc(OC)c1C(=O)P(=O)(CCCOC(C)=O)C(=O)c1c(OC)cccc1OC. The highest BCUT2D eigenvalue weighted by atomic mass is 31.2. The largest absolute Gasteiger partial charge is 0.496 e. The van der Waals surface area contributed by atoms with Gasteiger partial charge in [-0.15, -0.1) is 0 Å². The van der Waals surface area contributed by atoms with Gasteiger partial charge in [0.05, 0.1) is 35.0 Å². The molecule has 10 heteroatoms. The Balaban J connectivity index is 2.67. The second-order valence-electron chi connectivity index (χ2n) is 6.84.